The summed E-state index contributed by atoms with van der Waals surface area (Å²) in [5.74, 6) is -0.545. The van der Waals surface area contributed by atoms with Crippen LogP contribution in [0.4, 0.5) is 0 Å². The highest BCUT2D eigenvalue weighted by atomic mass is 35.5. The van der Waals surface area contributed by atoms with Gasteiger partial charge in [0.25, 0.3) is 0 Å². The van der Waals surface area contributed by atoms with Crippen molar-refractivity contribution in [2.45, 2.75) is 51.3 Å². The van der Waals surface area contributed by atoms with Gasteiger partial charge < -0.3 is 10.5 Å². The van der Waals surface area contributed by atoms with Crippen LogP contribution < -0.4 is 5.73 Å². The Morgan fingerprint density at radius 3 is 2.24 bits per heavy atom. The van der Waals surface area contributed by atoms with E-state index in [0.29, 0.717) is 6.61 Å². The summed E-state index contributed by atoms with van der Waals surface area (Å²) in [6, 6.07) is 6.00. The Kier molecular flexibility index (Phi) is 7.20. The second-order valence-corrected chi connectivity index (χ2v) is 5.88. The van der Waals surface area contributed by atoms with Crippen LogP contribution in [0.25, 0.3) is 0 Å². The zero-order chi connectivity index (χ0) is 15.9. The molecule has 0 aliphatic carbocycles. The molecule has 4 heteroatoms. The number of aryl methyl sites for hydroxylation is 2. The molecule has 0 fully saturated rings. The van der Waals surface area contributed by atoms with Crippen LogP contribution in [0.1, 0.15) is 50.3 Å². The Morgan fingerprint density at radius 2 is 1.81 bits per heavy atom. The number of primary amides is 1. The summed E-state index contributed by atoms with van der Waals surface area (Å²) in [5, 5.41) is 0. The van der Waals surface area contributed by atoms with Gasteiger partial charge in [0, 0.05) is 6.61 Å². The molecule has 3 nitrogen and oxygen atoms in total. The minimum absolute atomic E-state index is 0.119. The summed E-state index contributed by atoms with van der Waals surface area (Å²) >= 11 is 6.65. The predicted molar refractivity (Wildman–Crippen MR) is 87.7 cm³/mol. The molecule has 0 heterocycles. The topological polar surface area (TPSA) is 52.3 Å². The lowest BCUT2D eigenvalue weighted by molar-refractivity contribution is -0.122. The zero-order valence-electron chi connectivity index (χ0n) is 13.2. The fourth-order valence-electron chi connectivity index (χ4n) is 2.48. The minimum Gasteiger partial charge on any atom is -0.379 e. The van der Waals surface area contributed by atoms with Crippen molar-refractivity contribution in [2.75, 3.05) is 13.2 Å². The first-order valence-electron chi connectivity index (χ1n) is 7.69. The summed E-state index contributed by atoms with van der Waals surface area (Å²) in [6.45, 7) is 6.90. The molecule has 1 unspecified atom stereocenters. The minimum atomic E-state index is -1.29. The lowest BCUT2D eigenvalue weighted by Crippen LogP contribution is -2.42. The number of nitrogens with two attached hydrogens (primary N) is 1. The third-order valence-electron chi connectivity index (χ3n) is 3.73. The molecule has 1 aromatic carbocycles. The van der Waals surface area contributed by atoms with Crippen molar-refractivity contribution in [1.29, 1.82) is 0 Å². The molecule has 118 valence electrons. The number of carbonyl (C=O) groups excluding carboxylic acids is 1. The number of rotatable bonds is 9. The number of hydrogen-bond donors (Lipinski definition) is 1. The predicted octanol–water partition coefficient (Wildman–Crippen LogP) is 3.55. The maximum Gasteiger partial charge on any atom is 0.245 e. The summed E-state index contributed by atoms with van der Waals surface area (Å²) in [4.78, 5) is 10.7. The van der Waals surface area contributed by atoms with Gasteiger partial charge in [0.15, 0.2) is 4.87 Å². The molecule has 1 aromatic rings. The van der Waals surface area contributed by atoms with Gasteiger partial charge in [-0.1, -0.05) is 45.4 Å². The third-order valence-corrected chi connectivity index (χ3v) is 4.21. The standard InChI is InChI=1S/C17H26ClNO2/c1-4-7-11-21-12-17(18,16(19)20)15-13(5-2)9-8-10-14(15)6-3/h8-10H,4-7,11-12H2,1-3H3,(H2,19,20). The Hall–Kier alpha value is -1.06. The fourth-order valence-corrected chi connectivity index (χ4v) is 2.80. The average molecular weight is 312 g/mol. The monoisotopic (exact) mass is 311 g/mol. The normalized spacial score (nSPS) is 13.9. The van der Waals surface area contributed by atoms with E-state index in [1.54, 1.807) is 0 Å². The molecule has 0 radical (unpaired) electrons. The number of unbranched alkanes of at least 4 members (excludes halogenated alkanes) is 1. The van der Waals surface area contributed by atoms with Crippen LogP contribution in [0.5, 0.6) is 0 Å². The molecule has 2 N–H and O–H groups in total. The van der Waals surface area contributed by atoms with E-state index in [1.807, 2.05) is 18.2 Å². The Bertz CT molecular complexity index is 454. The van der Waals surface area contributed by atoms with Gasteiger partial charge in [-0.3, -0.25) is 4.79 Å². The van der Waals surface area contributed by atoms with Crippen molar-refractivity contribution < 1.29 is 9.53 Å². The lowest BCUT2D eigenvalue weighted by atomic mass is 9.87. The lowest BCUT2D eigenvalue weighted by Gasteiger charge is -2.28. The number of carbonyl (C=O) groups is 1. The summed E-state index contributed by atoms with van der Waals surface area (Å²) in [7, 11) is 0. The number of benzene rings is 1. The number of ether oxygens (including phenoxy) is 1. The number of halogens is 1. The van der Waals surface area contributed by atoms with Crippen molar-refractivity contribution in [2.24, 2.45) is 5.73 Å². The van der Waals surface area contributed by atoms with Gasteiger partial charge in [-0.2, -0.15) is 0 Å². The average Bonchev–Trinajstić information content (AvgIpc) is 2.50. The highest BCUT2D eigenvalue weighted by molar-refractivity contribution is 6.35. The van der Waals surface area contributed by atoms with Crippen molar-refractivity contribution >= 4 is 17.5 Å². The van der Waals surface area contributed by atoms with Crippen LogP contribution in [0.3, 0.4) is 0 Å². The van der Waals surface area contributed by atoms with Gasteiger partial charge in [0.05, 0.1) is 6.61 Å². The van der Waals surface area contributed by atoms with E-state index < -0.39 is 10.8 Å². The van der Waals surface area contributed by atoms with Crippen LogP contribution in [0, 0.1) is 0 Å². The van der Waals surface area contributed by atoms with E-state index in [0.717, 1.165) is 42.4 Å². The molecule has 1 atom stereocenters. The molecule has 0 aliphatic rings. The van der Waals surface area contributed by atoms with Crippen LogP contribution >= 0.6 is 11.6 Å². The van der Waals surface area contributed by atoms with Crippen molar-refractivity contribution in [3.05, 3.63) is 34.9 Å². The fraction of sp³-hybridized carbons (Fsp3) is 0.588. The quantitative estimate of drug-likeness (QED) is 0.560. The Balaban J connectivity index is 3.18. The van der Waals surface area contributed by atoms with Gasteiger partial charge in [0.1, 0.15) is 0 Å². The second kappa shape index (κ2) is 8.40. The molecule has 21 heavy (non-hydrogen) atoms. The molecule has 0 aromatic heterocycles. The van der Waals surface area contributed by atoms with E-state index in [2.05, 4.69) is 20.8 Å². The number of hydrogen-bond acceptors (Lipinski definition) is 2. The summed E-state index contributed by atoms with van der Waals surface area (Å²) in [5.41, 5.74) is 8.56. The van der Waals surface area contributed by atoms with Crippen molar-refractivity contribution in [1.82, 2.24) is 0 Å². The number of amides is 1. The van der Waals surface area contributed by atoms with Crippen molar-refractivity contribution in [3.63, 3.8) is 0 Å². The van der Waals surface area contributed by atoms with Crippen LogP contribution in [-0.2, 0) is 27.2 Å². The van der Waals surface area contributed by atoms with Crippen LogP contribution in [0.15, 0.2) is 18.2 Å². The first-order chi connectivity index (χ1) is 10.0. The van der Waals surface area contributed by atoms with E-state index >= 15 is 0 Å². The first-order valence-corrected chi connectivity index (χ1v) is 8.06. The maximum absolute atomic E-state index is 12.0. The molecule has 0 bridgehead atoms. The summed E-state index contributed by atoms with van der Waals surface area (Å²) < 4.78 is 5.62. The maximum atomic E-state index is 12.0. The zero-order valence-corrected chi connectivity index (χ0v) is 14.0. The molecule has 1 rings (SSSR count). The molecular weight excluding hydrogens is 286 g/mol. The summed E-state index contributed by atoms with van der Waals surface area (Å²) in [6.07, 6.45) is 3.60. The van der Waals surface area contributed by atoms with E-state index in [1.165, 1.54) is 0 Å². The smallest absolute Gasteiger partial charge is 0.245 e. The van der Waals surface area contributed by atoms with E-state index in [9.17, 15) is 4.79 Å². The highest BCUT2D eigenvalue weighted by Crippen LogP contribution is 2.35. The van der Waals surface area contributed by atoms with Gasteiger partial charge in [-0.05, 0) is 36.0 Å². The molecule has 0 spiro atoms. The SMILES string of the molecule is CCCCOCC(Cl)(C(N)=O)c1c(CC)cccc1CC. The van der Waals surface area contributed by atoms with Crippen molar-refractivity contribution in [3.8, 4) is 0 Å². The van der Waals surface area contributed by atoms with Gasteiger partial charge in [-0.25, -0.2) is 0 Å². The highest BCUT2D eigenvalue weighted by Gasteiger charge is 2.39. The van der Waals surface area contributed by atoms with Gasteiger partial charge in [0.2, 0.25) is 5.91 Å². The Morgan fingerprint density at radius 1 is 1.24 bits per heavy atom. The molecule has 0 aliphatic heterocycles. The second-order valence-electron chi connectivity index (χ2n) is 5.23. The van der Waals surface area contributed by atoms with Gasteiger partial charge >= 0.3 is 0 Å². The van der Waals surface area contributed by atoms with Crippen LogP contribution in [0.2, 0.25) is 0 Å². The van der Waals surface area contributed by atoms with E-state index in [-0.39, 0.29) is 6.61 Å². The largest absolute Gasteiger partial charge is 0.379 e. The number of alkyl halides is 1. The molecule has 1 amide bonds. The third kappa shape index (κ3) is 4.21. The molecule has 0 saturated heterocycles. The van der Waals surface area contributed by atoms with E-state index in [4.69, 9.17) is 22.1 Å². The first kappa shape index (κ1) is 18.0. The Labute approximate surface area is 132 Å². The molecular formula is C17H26ClNO2. The van der Waals surface area contributed by atoms with Gasteiger partial charge in [-0.15, -0.1) is 11.6 Å². The van der Waals surface area contributed by atoms with Crippen LogP contribution in [-0.4, -0.2) is 19.1 Å². The molecule has 0 saturated carbocycles.